The van der Waals surface area contributed by atoms with Crippen molar-refractivity contribution in [2.75, 3.05) is 5.75 Å². The number of aromatic nitrogens is 2. The minimum Gasteiger partial charge on any atom is -0.481 e. The Kier molecular flexibility index (Phi) is 2.41. The van der Waals surface area contributed by atoms with Crippen LogP contribution in [0.2, 0.25) is 0 Å². The van der Waals surface area contributed by atoms with Crippen LogP contribution >= 0.6 is 11.8 Å². The fourth-order valence-corrected chi connectivity index (χ4v) is 1.81. The molecule has 0 aliphatic heterocycles. The molecule has 0 saturated heterocycles. The average Bonchev–Trinajstić information content (AvgIpc) is 2.57. The molecule has 14 heavy (non-hydrogen) atoms. The number of hydrogen-bond donors (Lipinski definition) is 2. The molecule has 0 aliphatic carbocycles. The zero-order valence-electron chi connectivity index (χ0n) is 7.23. The zero-order chi connectivity index (χ0) is 9.97. The molecule has 0 atom stereocenters. The molecule has 0 aliphatic rings. The van der Waals surface area contributed by atoms with Crippen LogP contribution in [-0.2, 0) is 4.79 Å². The highest BCUT2D eigenvalue weighted by atomic mass is 32.2. The van der Waals surface area contributed by atoms with E-state index in [-0.39, 0.29) is 5.75 Å². The van der Waals surface area contributed by atoms with Gasteiger partial charge in [0.2, 0.25) is 0 Å². The highest BCUT2D eigenvalue weighted by molar-refractivity contribution is 7.99. The number of fused-ring (bicyclic) bond motifs is 1. The number of aliphatic carboxylic acids is 1. The summed E-state index contributed by atoms with van der Waals surface area (Å²) in [4.78, 5) is 17.5. The summed E-state index contributed by atoms with van der Waals surface area (Å²) >= 11 is 1.26. The third-order valence-electron chi connectivity index (χ3n) is 1.72. The molecule has 0 bridgehead atoms. The minimum atomic E-state index is -0.818. The van der Waals surface area contributed by atoms with Crippen LogP contribution in [0.4, 0.5) is 0 Å². The van der Waals surface area contributed by atoms with Crippen molar-refractivity contribution in [3.8, 4) is 0 Å². The Hall–Kier alpha value is -1.49. The second-order valence-corrected chi connectivity index (χ2v) is 3.77. The summed E-state index contributed by atoms with van der Waals surface area (Å²) in [5.74, 6) is -0.756. The fraction of sp³-hybridized carbons (Fsp3) is 0.111. The molecule has 2 N–H and O–H groups in total. The minimum absolute atomic E-state index is 0.0623. The summed E-state index contributed by atoms with van der Waals surface area (Å²) < 4.78 is 0. The summed E-state index contributed by atoms with van der Waals surface area (Å²) in [6.07, 6.45) is 1.70. The van der Waals surface area contributed by atoms with E-state index in [4.69, 9.17) is 5.11 Å². The second-order valence-electron chi connectivity index (χ2n) is 2.76. The molecule has 0 aromatic carbocycles. The number of hydrogen-bond acceptors (Lipinski definition) is 3. The maximum Gasteiger partial charge on any atom is 0.313 e. The van der Waals surface area contributed by atoms with Crippen LogP contribution in [0.25, 0.3) is 11.0 Å². The number of pyridine rings is 1. The van der Waals surface area contributed by atoms with Gasteiger partial charge in [-0.2, -0.15) is 0 Å². The van der Waals surface area contributed by atoms with Crippen molar-refractivity contribution in [1.82, 2.24) is 9.97 Å². The lowest BCUT2D eigenvalue weighted by molar-refractivity contribution is -0.133. The van der Waals surface area contributed by atoms with Gasteiger partial charge in [-0.15, -0.1) is 0 Å². The normalized spacial score (nSPS) is 10.6. The van der Waals surface area contributed by atoms with Crippen molar-refractivity contribution < 1.29 is 9.90 Å². The summed E-state index contributed by atoms with van der Waals surface area (Å²) in [5, 5.41) is 10.3. The third-order valence-corrected chi connectivity index (χ3v) is 2.64. The van der Waals surface area contributed by atoms with Gasteiger partial charge in [-0.05, 0) is 18.2 Å². The van der Waals surface area contributed by atoms with Crippen molar-refractivity contribution in [3.05, 3.63) is 24.4 Å². The SMILES string of the molecule is O=C(O)CSc1cc2cccnc2[nH]1. The third kappa shape index (κ3) is 1.88. The van der Waals surface area contributed by atoms with E-state index in [1.165, 1.54) is 11.8 Å². The van der Waals surface area contributed by atoms with Crippen molar-refractivity contribution in [2.24, 2.45) is 0 Å². The number of aromatic amines is 1. The first-order valence-corrected chi connectivity index (χ1v) is 5.02. The molecular formula is C9H8N2O2S. The average molecular weight is 208 g/mol. The van der Waals surface area contributed by atoms with Crippen molar-refractivity contribution in [3.63, 3.8) is 0 Å². The molecule has 2 heterocycles. The molecule has 0 fully saturated rings. The molecule has 2 aromatic rings. The van der Waals surface area contributed by atoms with Gasteiger partial charge in [0.25, 0.3) is 0 Å². The van der Waals surface area contributed by atoms with Crippen LogP contribution in [0.3, 0.4) is 0 Å². The van der Waals surface area contributed by atoms with Gasteiger partial charge >= 0.3 is 5.97 Å². The van der Waals surface area contributed by atoms with E-state index in [1.807, 2.05) is 18.2 Å². The number of rotatable bonds is 3. The van der Waals surface area contributed by atoms with E-state index in [2.05, 4.69) is 9.97 Å². The first-order valence-electron chi connectivity index (χ1n) is 4.04. The Morgan fingerprint density at radius 3 is 3.21 bits per heavy atom. The van der Waals surface area contributed by atoms with Gasteiger partial charge in [-0.3, -0.25) is 4.79 Å². The van der Waals surface area contributed by atoms with Crippen molar-refractivity contribution in [2.45, 2.75) is 5.03 Å². The molecule has 4 nitrogen and oxygen atoms in total. The second kappa shape index (κ2) is 3.71. The Bertz CT molecular complexity index is 434. The summed E-state index contributed by atoms with van der Waals surface area (Å²) in [5.41, 5.74) is 0.792. The molecule has 0 radical (unpaired) electrons. The number of carboxylic acid groups (broad SMARTS) is 1. The van der Waals surface area contributed by atoms with Crippen LogP contribution in [0.15, 0.2) is 29.4 Å². The largest absolute Gasteiger partial charge is 0.481 e. The van der Waals surface area contributed by atoms with Crippen LogP contribution in [0, 0.1) is 0 Å². The molecule has 2 aromatic heterocycles. The fourth-order valence-electron chi connectivity index (χ4n) is 1.15. The summed E-state index contributed by atoms with van der Waals surface area (Å²) in [6, 6.07) is 5.68. The molecule has 0 saturated carbocycles. The number of thioether (sulfide) groups is 1. The van der Waals surface area contributed by atoms with Crippen molar-refractivity contribution in [1.29, 1.82) is 0 Å². The number of carboxylic acids is 1. The maximum atomic E-state index is 10.3. The lowest BCUT2D eigenvalue weighted by atomic mass is 10.3. The predicted octanol–water partition coefficient (Wildman–Crippen LogP) is 1.74. The number of H-pyrrole nitrogens is 1. The van der Waals surface area contributed by atoms with E-state index < -0.39 is 5.97 Å². The summed E-state index contributed by atoms with van der Waals surface area (Å²) in [6.45, 7) is 0. The number of carbonyl (C=O) groups is 1. The van der Waals surface area contributed by atoms with E-state index >= 15 is 0 Å². The molecular weight excluding hydrogens is 200 g/mol. The van der Waals surface area contributed by atoms with Gasteiger partial charge in [0.15, 0.2) is 0 Å². The smallest absolute Gasteiger partial charge is 0.313 e. The van der Waals surface area contributed by atoms with Crippen LogP contribution in [0.5, 0.6) is 0 Å². The standard InChI is InChI=1S/C9H8N2O2S/c12-8(13)5-14-7-4-6-2-1-3-10-9(6)11-7/h1-4H,5H2,(H,10,11)(H,12,13). The highest BCUT2D eigenvalue weighted by Crippen LogP contribution is 2.21. The van der Waals surface area contributed by atoms with Gasteiger partial charge in [-0.1, -0.05) is 11.8 Å². The van der Waals surface area contributed by atoms with E-state index in [9.17, 15) is 4.79 Å². The highest BCUT2D eigenvalue weighted by Gasteiger charge is 2.03. The maximum absolute atomic E-state index is 10.3. The van der Waals surface area contributed by atoms with Gasteiger partial charge < -0.3 is 10.1 Å². The molecule has 72 valence electrons. The monoisotopic (exact) mass is 208 g/mol. The Balaban J connectivity index is 2.22. The predicted molar refractivity (Wildman–Crippen MR) is 54.5 cm³/mol. The first kappa shape index (κ1) is 9.08. The van der Waals surface area contributed by atoms with Gasteiger partial charge in [-0.25, -0.2) is 4.98 Å². The van der Waals surface area contributed by atoms with Crippen LogP contribution < -0.4 is 0 Å². The topological polar surface area (TPSA) is 66.0 Å². The van der Waals surface area contributed by atoms with E-state index in [0.29, 0.717) is 0 Å². The molecule has 5 heteroatoms. The lowest BCUT2D eigenvalue weighted by Crippen LogP contribution is -1.97. The Morgan fingerprint density at radius 1 is 1.64 bits per heavy atom. The zero-order valence-corrected chi connectivity index (χ0v) is 8.04. The van der Waals surface area contributed by atoms with E-state index in [0.717, 1.165) is 16.1 Å². The first-order chi connectivity index (χ1) is 6.75. The van der Waals surface area contributed by atoms with Crippen molar-refractivity contribution >= 4 is 28.8 Å². The Morgan fingerprint density at radius 2 is 2.50 bits per heavy atom. The Labute approximate surface area is 84.4 Å². The van der Waals surface area contributed by atoms with Crippen LogP contribution in [0.1, 0.15) is 0 Å². The molecule has 2 rings (SSSR count). The van der Waals surface area contributed by atoms with E-state index in [1.54, 1.807) is 6.20 Å². The van der Waals surface area contributed by atoms with Gasteiger partial charge in [0.05, 0.1) is 10.8 Å². The number of nitrogens with one attached hydrogen (secondary N) is 1. The summed E-state index contributed by atoms with van der Waals surface area (Å²) in [7, 11) is 0. The quantitative estimate of drug-likeness (QED) is 0.754. The van der Waals surface area contributed by atoms with Gasteiger partial charge in [0, 0.05) is 11.6 Å². The molecule has 0 unspecified atom stereocenters. The molecule has 0 spiro atoms. The van der Waals surface area contributed by atoms with Gasteiger partial charge in [0.1, 0.15) is 5.65 Å². The lowest BCUT2D eigenvalue weighted by Gasteiger charge is -1.91. The van der Waals surface area contributed by atoms with Crippen LogP contribution in [-0.4, -0.2) is 26.8 Å². The molecule has 0 amide bonds. The number of nitrogens with zero attached hydrogens (tertiary/aromatic N) is 1.